The van der Waals surface area contributed by atoms with Crippen molar-refractivity contribution in [3.05, 3.63) is 60.4 Å². The summed E-state index contributed by atoms with van der Waals surface area (Å²) in [5.41, 5.74) is 0.557. The number of quaternary nitrogens is 1. The zero-order valence-corrected chi connectivity index (χ0v) is 16.4. The lowest BCUT2D eigenvalue weighted by molar-refractivity contribution is -0.918. The standard InChI is InChI=1S/C20H20FN3O4S/c21-15-6-8-17(9-7-15)29(27,28)23-12-10-22(11-13-23)18-14-19(25)24(20(18)26)16-4-2-1-3-5-16/h1-9,18H,10-14H2/p+1/t18-/m0/s1. The molecule has 152 valence electrons. The topological polar surface area (TPSA) is 79.2 Å². The highest BCUT2D eigenvalue weighted by Crippen LogP contribution is 2.22. The number of hydrogen-bond donors (Lipinski definition) is 1. The van der Waals surface area contributed by atoms with Gasteiger partial charge in [-0.25, -0.2) is 17.7 Å². The lowest BCUT2D eigenvalue weighted by atomic mass is 10.2. The molecule has 2 aromatic rings. The predicted octanol–water partition coefficient (Wildman–Crippen LogP) is 0.0470. The van der Waals surface area contributed by atoms with Gasteiger partial charge >= 0.3 is 0 Å². The van der Waals surface area contributed by atoms with Crippen molar-refractivity contribution in [2.75, 3.05) is 31.1 Å². The van der Waals surface area contributed by atoms with Gasteiger partial charge in [0.15, 0.2) is 6.04 Å². The zero-order chi connectivity index (χ0) is 20.6. The monoisotopic (exact) mass is 418 g/mol. The Balaban J connectivity index is 1.44. The van der Waals surface area contributed by atoms with Crippen molar-refractivity contribution in [3.8, 4) is 0 Å². The molecule has 0 radical (unpaired) electrons. The number of hydrogen-bond acceptors (Lipinski definition) is 4. The Morgan fingerprint density at radius 1 is 0.931 bits per heavy atom. The van der Waals surface area contributed by atoms with Gasteiger partial charge in [-0.15, -0.1) is 0 Å². The van der Waals surface area contributed by atoms with Crippen LogP contribution >= 0.6 is 0 Å². The summed E-state index contributed by atoms with van der Waals surface area (Å²) in [4.78, 5) is 27.5. The van der Waals surface area contributed by atoms with Crippen LogP contribution in [0.5, 0.6) is 0 Å². The van der Waals surface area contributed by atoms with Gasteiger partial charge < -0.3 is 4.90 Å². The molecule has 2 heterocycles. The first-order valence-electron chi connectivity index (χ1n) is 9.40. The number of anilines is 1. The van der Waals surface area contributed by atoms with E-state index in [2.05, 4.69) is 0 Å². The maximum absolute atomic E-state index is 13.1. The number of rotatable bonds is 4. The molecule has 29 heavy (non-hydrogen) atoms. The Kier molecular flexibility index (Phi) is 5.20. The molecule has 1 N–H and O–H groups in total. The van der Waals surface area contributed by atoms with Crippen LogP contribution in [0.15, 0.2) is 59.5 Å². The molecule has 7 nitrogen and oxygen atoms in total. The van der Waals surface area contributed by atoms with Crippen LogP contribution in [-0.4, -0.2) is 56.8 Å². The Bertz CT molecular complexity index is 1020. The average molecular weight is 418 g/mol. The Labute approximate surface area is 168 Å². The minimum Gasteiger partial charge on any atom is -0.322 e. The van der Waals surface area contributed by atoms with Crippen LogP contribution in [-0.2, 0) is 19.6 Å². The number of amides is 2. The van der Waals surface area contributed by atoms with Crippen LogP contribution < -0.4 is 9.80 Å². The highest BCUT2D eigenvalue weighted by atomic mass is 32.2. The summed E-state index contributed by atoms with van der Waals surface area (Å²) in [6, 6.07) is 13.1. The van der Waals surface area contributed by atoms with Gasteiger partial charge in [-0.2, -0.15) is 4.31 Å². The highest BCUT2D eigenvalue weighted by molar-refractivity contribution is 7.89. The number of halogens is 1. The van der Waals surface area contributed by atoms with Crippen LogP contribution in [0.3, 0.4) is 0 Å². The fraction of sp³-hybridized carbons (Fsp3) is 0.300. The maximum Gasteiger partial charge on any atom is 0.292 e. The van der Waals surface area contributed by atoms with Crippen molar-refractivity contribution in [2.24, 2.45) is 0 Å². The average Bonchev–Trinajstić information content (AvgIpc) is 3.03. The summed E-state index contributed by atoms with van der Waals surface area (Å²) < 4.78 is 39.9. The van der Waals surface area contributed by atoms with Crippen LogP contribution in [0.25, 0.3) is 0 Å². The first kappa shape index (κ1) is 19.7. The zero-order valence-electron chi connectivity index (χ0n) is 15.6. The third-order valence-electron chi connectivity index (χ3n) is 5.47. The first-order chi connectivity index (χ1) is 13.9. The number of piperazine rings is 1. The number of carbonyl (C=O) groups excluding carboxylic acids is 2. The molecule has 2 aliphatic heterocycles. The van der Waals surface area contributed by atoms with Crippen molar-refractivity contribution in [3.63, 3.8) is 0 Å². The number of carbonyl (C=O) groups is 2. The predicted molar refractivity (Wildman–Crippen MR) is 103 cm³/mol. The van der Waals surface area contributed by atoms with Crippen molar-refractivity contribution < 1.29 is 27.3 Å². The van der Waals surface area contributed by atoms with Crippen molar-refractivity contribution >= 4 is 27.5 Å². The van der Waals surface area contributed by atoms with Gasteiger partial charge in [-0.3, -0.25) is 9.59 Å². The number of nitrogens with one attached hydrogen (secondary N) is 1. The molecule has 0 spiro atoms. The number of para-hydroxylation sites is 1. The third-order valence-corrected chi connectivity index (χ3v) is 7.38. The maximum atomic E-state index is 13.1. The van der Waals surface area contributed by atoms with E-state index in [4.69, 9.17) is 0 Å². The molecule has 2 fully saturated rings. The van der Waals surface area contributed by atoms with Crippen LogP contribution in [0.4, 0.5) is 10.1 Å². The smallest absolute Gasteiger partial charge is 0.292 e. The molecular formula is C20H21FN3O4S+. The van der Waals surface area contributed by atoms with E-state index in [0.29, 0.717) is 18.8 Å². The fourth-order valence-corrected chi connectivity index (χ4v) is 5.36. The molecule has 0 saturated carbocycles. The molecule has 0 unspecified atom stereocenters. The highest BCUT2D eigenvalue weighted by Gasteiger charge is 2.47. The summed E-state index contributed by atoms with van der Waals surface area (Å²) in [6.45, 7) is 1.32. The molecule has 2 aliphatic rings. The number of nitrogens with zero attached hydrogens (tertiary/aromatic N) is 2. The lowest BCUT2D eigenvalue weighted by Gasteiger charge is -2.33. The van der Waals surface area contributed by atoms with Gasteiger partial charge in [0.1, 0.15) is 5.82 Å². The number of sulfonamides is 1. The van der Waals surface area contributed by atoms with E-state index < -0.39 is 21.9 Å². The number of imide groups is 1. The largest absolute Gasteiger partial charge is 0.322 e. The molecule has 0 aliphatic carbocycles. The van der Waals surface area contributed by atoms with E-state index in [1.54, 1.807) is 24.3 Å². The molecule has 2 amide bonds. The lowest BCUT2D eigenvalue weighted by Crippen LogP contribution is -3.19. The molecule has 4 rings (SSSR count). The SMILES string of the molecule is O=C1C[C@H]([NH+]2CCN(S(=O)(=O)c3ccc(F)cc3)CC2)C(=O)N1c1ccccc1. The molecule has 0 aromatic heterocycles. The second-order valence-corrected chi connectivity index (χ2v) is 9.11. The van der Waals surface area contributed by atoms with Crippen molar-refractivity contribution in [1.82, 2.24) is 4.31 Å². The minimum atomic E-state index is -3.71. The second-order valence-electron chi connectivity index (χ2n) is 7.18. The minimum absolute atomic E-state index is 0.0460. The fourth-order valence-electron chi connectivity index (χ4n) is 3.92. The first-order valence-corrected chi connectivity index (χ1v) is 10.8. The Morgan fingerprint density at radius 3 is 2.17 bits per heavy atom. The van der Waals surface area contributed by atoms with Gasteiger partial charge in [-0.05, 0) is 36.4 Å². The van der Waals surface area contributed by atoms with Gasteiger partial charge in [0.05, 0.1) is 43.2 Å². The summed E-state index contributed by atoms with van der Waals surface area (Å²) in [6.07, 6.45) is 0.119. The third kappa shape index (κ3) is 3.68. The normalized spacial score (nSPS) is 21.7. The summed E-state index contributed by atoms with van der Waals surface area (Å²) >= 11 is 0. The van der Waals surface area contributed by atoms with E-state index >= 15 is 0 Å². The molecule has 2 aromatic carbocycles. The molecule has 9 heteroatoms. The Hall–Kier alpha value is -2.62. The van der Waals surface area contributed by atoms with Crippen LogP contribution in [0.1, 0.15) is 6.42 Å². The summed E-state index contributed by atoms with van der Waals surface area (Å²) in [7, 11) is -3.71. The summed E-state index contributed by atoms with van der Waals surface area (Å²) in [5.74, 6) is -0.975. The van der Waals surface area contributed by atoms with Crippen molar-refractivity contribution in [1.29, 1.82) is 0 Å². The molecule has 2 saturated heterocycles. The number of benzene rings is 2. The van der Waals surface area contributed by atoms with E-state index in [1.165, 1.54) is 21.3 Å². The molecule has 0 bridgehead atoms. The van der Waals surface area contributed by atoms with E-state index in [9.17, 15) is 22.4 Å². The van der Waals surface area contributed by atoms with Gasteiger partial charge in [0.2, 0.25) is 15.9 Å². The van der Waals surface area contributed by atoms with Crippen molar-refractivity contribution in [2.45, 2.75) is 17.4 Å². The second kappa shape index (κ2) is 7.66. The quantitative estimate of drug-likeness (QED) is 0.712. The molecule has 1 atom stereocenters. The van der Waals surface area contributed by atoms with E-state index in [0.717, 1.165) is 17.0 Å². The van der Waals surface area contributed by atoms with Gasteiger partial charge in [-0.1, -0.05) is 18.2 Å². The van der Waals surface area contributed by atoms with Crippen LogP contribution in [0.2, 0.25) is 0 Å². The van der Waals surface area contributed by atoms with Gasteiger partial charge in [0.25, 0.3) is 5.91 Å². The van der Waals surface area contributed by atoms with Gasteiger partial charge in [0, 0.05) is 0 Å². The van der Waals surface area contributed by atoms with E-state index in [1.807, 2.05) is 6.07 Å². The Morgan fingerprint density at radius 2 is 1.55 bits per heavy atom. The summed E-state index contributed by atoms with van der Waals surface area (Å²) in [5, 5.41) is 0. The van der Waals surface area contributed by atoms with E-state index in [-0.39, 0.29) is 36.2 Å². The van der Waals surface area contributed by atoms with Crippen LogP contribution in [0, 0.1) is 5.82 Å². The molecular weight excluding hydrogens is 397 g/mol.